The molecule has 0 saturated carbocycles. The third-order valence-corrected chi connectivity index (χ3v) is 4.14. The zero-order valence-electron chi connectivity index (χ0n) is 15.0. The maximum absolute atomic E-state index is 5.84. The molecule has 2 nitrogen and oxygen atoms in total. The molecule has 0 aliphatic heterocycles. The molecule has 0 aromatic heterocycles. The first kappa shape index (κ1) is 17.1. The summed E-state index contributed by atoms with van der Waals surface area (Å²) in [4.78, 5) is 0. The number of ether oxygens (including phenoxy) is 1. The van der Waals surface area contributed by atoms with E-state index in [9.17, 15) is 0 Å². The third kappa shape index (κ3) is 5.39. The van der Waals surface area contributed by atoms with Gasteiger partial charge in [0.2, 0.25) is 0 Å². The van der Waals surface area contributed by atoms with Crippen LogP contribution < -0.4 is 10.1 Å². The van der Waals surface area contributed by atoms with Crippen molar-refractivity contribution in [1.29, 1.82) is 0 Å². The van der Waals surface area contributed by atoms with E-state index in [0.29, 0.717) is 6.61 Å². The SMILES string of the molecule is Cc1cc(C)cc(NCc2ccc(OCCc3ccccc3)cc2)c1. The van der Waals surface area contributed by atoms with Gasteiger partial charge in [-0.25, -0.2) is 0 Å². The molecule has 0 unspecified atom stereocenters. The molecule has 0 aliphatic rings. The van der Waals surface area contributed by atoms with E-state index < -0.39 is 0 Å². The van der Waals surface area contributed by atoms with E-state index in [1.54, 1.807) is 0 Å². The van der Waals surface area contributed by atoms with Crippen molar-refractivity contribution in [2.45, 2.75) is 26.8 Å². The Morgan fingerprint density at radius 2 is 1.44 bits per heavy atom. The number of hydrogen-bond donors (Lipinski definition) is 1. The van der Waals surface area contributed by atoms with Gasteiger partial charge in [-0.2, -0.15) is 0 Å². The quantitative estimate of drug-likeness (QED) is 0.614. The normalized spacial score (nSPS) is 10.5. The van der Waals surface area contributed by atoms with Crippen LogP contribution in [0, 0.1) is 13.8 Å². The number of hydrogen-bond acceptors (Lipinski definition) is 2. The Hall–Kier alpha value is -2.74. The molecule has 1 N–H and O–H groups in total. The van der Waals surface area contributed by atoms with Gasteiger partial charge in [0.25, 0.3) is 0 Å². The van der Waals surface area contributed by atoms with Gasteiger partial charge in [0.15, 0.2) is 0 Å². The van der Waals surface area contributed by atoms with Crippen LogP contribution in [0.5, 0.6) is 5.75 Å². The van der Waals surface area contributed by atoms with E-state index in [-0.39, 0.29) is 0 Å². The van der Waals surface area contributed by atoms with Crippen LogP contribution in [0.4, 0.5) is 5.69 Å². The van der Waals surface area contributed by atoms with Crippen molar-refractivity contribution in [3.63, 3.8) is 0 Å². The highest BCUT2D eigenvalue weighted by molar-refractivity contribution is 5.48. The molecular formula is C23H25NO. The first-order valence-corrected chi connectivity index (χ1v) is 8.77. The van der Waals surface area contributed by atoms with Gasteiger partial charge in [-0.3, -0.25) is 0 Å². The van der Waals surface area contributed by atoms with E-state index in [1.165, 1.54) is 27.9 Å². The van der Waals surface area contributed by atoms with Crippen molar-refractivity contribution in [2.75, 3.05) is 11.9 Å². The third-order valence-electron chi connectivity index (χ3n) is 4.14. The van der Waals surface area contributed by atoms with Crippen molar-refractivity contribution in [2.24, 2.45) is 0 Å². The molecule has 0 spiro atoms. The summed E-state index contributed by atoms with van der Waals surface area (Å²) < 4.78 is 5.84. The Morgan fingerprint density at radius 1 is 0.760 bits per heavy atom. The van der Waals surface area contributed by atoms with Gasteiger partial charge in [0.1, 0.15) is 5.75 Å². The molecule has 0 amide bonds. The predicted octanol–water partition coefficient (Wildman–Crippen LogP) is 5.54. The number of benzene rings is 3. The highest BCUT2D eigenvalue weighted by Gasteiger charge is 1.99. The number of aryl methyl sites for hydroxylation is 2. The molecule has 3 aromatic carbocycles. The second kappa shape index (κ2) is 8.39. The van der Waals surface area contributed by atoms with Crippen LogP contribution >= 0.6 is 0 Å². The number of anilines is 1. The fraction of sp³-hybridized carbons (Fsp3) is 0.217. The van der Waals surface area contributed by atoms with Crippen LogP contribution in [-0.2, 0) is 13.0 Å². The van der Waals surface area contributed by atoms with Crippen molar-refractivity contribution >= 4 is 5.69 Å². The minimum absolute atomic E-state index is 0.699. The first-order valence-electron chi connectivity index (χ1n) is 8.77. The minimum atomic E-state index is 0.699. The van der Waals surface area contributed by atoms with Gasteiger partial charge >= 0.3 is 0 Å². The van der Waals surface area contributed by atoms with Gasteiger partial charge in [-0.15, -0.1) is 0 Å². The van der Waals surface area contributed by atoms with Crippen LogP contribution in [0.3, 0.4) is 0 Å². The molecule has 0 heterocycles. The van der Waals surface area contributed by atoms with E-state index in [2.05, 4.69) is 73.8 Å². The number of rotatable bonds is 7. The van der Waals surface area contributed by atoms with E-state index >= 15 is 0 Å². The van der Waals surface area contributed by atoms with Gasteiger partial charge in [0.05, 0.1) is 6.61 Å². The van der Waals surface area contributed by atoms with E-state index in [1.807, 2.05) is 18.2 Å². The summed E-state index contributed by atoms with van der Waals surface area (Å²) in [5.74, 6) is 0.922. The molecule has 0 bridgehead atoms. The van der Waals surface area contributed by atoms with E-state index in [0.717, 1.165) is 18.7 Å². The lowest BCUT2D eigenvalue weighted by Crippen LogP contribution is -2.02. The molecule has 0 saturated heterocycles. The molecule has 0 fully saturated rings. The zero-order valence-corrected chi connectivity index (χ0v) is 15.0. The Kier molecular flexibility index (Phi) is 5.73. The molecule has 0 radical (unpaired) electrons. The standard InChI is InChI=1S/C23H25NO/c1-18-14-19(2)16-22(15-18)24-17-21-8-10-23(11-9-21)25-13-12-20-6-4-3-5-7-20/h3-11,14-16,24H,12-13,17H2,1-2H3. The fourth-order valence-electron chi connectivity index (χ4n) is 2.92. The van der Waals surface area contributed by atoms with Crippen LogP contribution in [0.25, 0.3) is 0 Å². The van der Waals surface area contributed by atoms with Gasteiger partial charge in [0, 0.05) is 18.7 Å². The number of nitrogens with one attached hydrogen (secondary N) is 1. The summed E-state index contributed by atoms with van der Waals surface area (Å²) in [5.41, 5.74) is 6.28. The van der Waals surface area contributed by atoms with Crippen LogP contribution in [0.15, 0.2) is 72.8 Å². The zero-order chi connectivity index (χ0) is 17.5. The Balaban J connectivity index is 1.48. The van der Waals surface area contributed by atoms with Gasteiger partial charge in [-0.05, 0) is 60.4 Å². The minimum Gasteiger partial charge on any atom is -0.493 e. The second-order valence-corrected chi connectivity index (χ2v) is 6.46. The molecule has 0 atom stereocenters. The van der Waals surface area contributed by atoms with Crippen LogP contribution in [0.2, 0.25) is 0 Å². The van der Waals surface area contributed by atoms with Crippen LogP contribution in [0.1, 0.15) is 22.3 Å². The smallest absolute Gasteiger partial charge is 0.119 e. The molecule has 128 valence electrons. The molecule has 0 aliphatic carbocycles. The van der Waals surface area contributed by atoms with Crippen molar-refractivity contribution < 1.29 is 4.74 Å². The Bertz CT molecular complexity index is 774. The lowest BCUT2D eigenvalue weighted by atomic mass is 10.1. The summed E-state index contributed by atoms with van der Waals surface area (Å²) >= 11 is 0. The van der Waals surface area contributed by atoms with Gasteiger partial charge < -0.3 is 10.1 Å². The second-order valence-electron chi connectivity index (χ2n) is 6.46. The highest BCUT2D eigenvalue weighted by atomic mass is 16.5. The highest BCUT2D eigenvalue weighted by Crippen LogP contribution is 2.17. The summed E-state index contributed by atoms with van der Waals surface area (Å²) in [5, 5.41) is 3.49. The Labute approximate surface area is 150 Å². The average Bonchev–Trinajstić information content (AvgIpc) is 2.61. The largest absolute Gasteiger partial charge is 0.493 e. The fourth-order valence-corrected chi connectivity index (χ4v) is 2.92. The lowest BCUT2D eigenvalue weighted by molar-refractivity contribution is 0.322. The Morgan fingerprint density at radius 3 is 2.12 bits per heavy atom. The predicted molar refractivity (Wildman–Crippen MR) is 105 cm³/mol. The first-order chi connectivity index (χ1) is 12.2. The topological polar surface area (TPSA) is 21.3 Å². The van der Waals surface area contributed by atoms with Crippen molar-refractivity contribution in [3.8, 4) is 5.75 Å². The van der Waals surface area contributed by atoms with Crippen molar-refractivity contribution in [1.82, 2.24) is 0 Å². The molecular weight excluding hydrogens is 306 g/mol. The monoisotopic (exact) mass is 331 g/mol. The average molecular weight is 331 g/mol. The van der Waals surface area contributed by atoms with E-state index in [4.69, 9.17) is 4.74 Å². The van der Waals surface area contributed by atoms with Gasteiger partial charge in [-0.1, -0.05) is 48.5 Å². The summed E-state index contributed by atoms with van der Waals surface area (Å²) in [6.07, 6.45) is 0.927. The van der Waals surface area contributed by atoms with Crippen LogP contribution in [-0.4, -0.2) is 6.61 Å². The maximum Gasteiger partial charge on any atom is 0.119 e. The summed E-state index contributed by atoms with van der Waals surface area (Å²) in [6.45, 7) is 5.76. The van der Waals surface area contributed by atoms with Crippen molar-refractivity contribution in [3.05, 3.63) is 95.1 Å². The lowest BCUT2D eigenvalue weighted by Gasteiger charge is -2.10. The molecule has 3 rings (SSSR count). The summed E-state index contributed by atoms with van der Waals surface area (Å²) in [7, 11) is 0. The molecule has 25 heavy (non-hydrogen) atoms. The molecule has 2 heteroatoms. The maximum atomic E-state index is 5.84. The molecule has 3 aromatic rings. The summed E-state index contributed by atoms with van der Waals surface area (Å²) in [6, 6.07) is 25.3.